The Kier molecular flexibility index (Phi) is 6.52. The monoisotopic (exact) mass is 214 g/mol. The van der Waals surface area contributed by atoms with E-state index in [1.165, 1.54) is 0 Å². The Balaban J connectivity index is 3.60. The van der Waals surface area contributed by atoms with E-state index in [9.17, 15) is 4.79 Å². The topological polar surface area (TPSA) is 35.5 Å². The number of rotatable bonds is 5. The molecule has 0 saturated heterocycles. The second kappa shape index (κ2) is 6.52. The molecule has 0 radical (unpaired) electrons. The Morgan fingerprint density at radius 2 is 2.08 bits per heavy atom. The highest BCUT2D eigenvalue weighted by molar-refractivity contribution is 6.61. The van der Waals surface area contributed by atoms with Gasteiger partial charge in [0, 0.05) is 11.6 Å². The summed E-state index contributed by atoms with van der Waals surface area (Å²) in [4.78, 5) is 10.3. The van der Waals surface area contributed by atoms with Crippen molar-refractivity contribution >= 4 is 28.6 Å². The molecule has 5 heteroatoms. The van der Waals surface area contributed by atoms with Crippen LogP contribution in [0.25, 0.3) is 0 Å². The van der Waals surface area contributed by atoms with Crippen LogP contribution in [0.2, 0.25) is 0 Å². The lowest BCUT2D eigenvalue weighted by Gasteiger charge is -2.14. The predicted molar refractivity (Wildman–Crippen MR) is 47.9 cm³/mol. The highest BCUT2D eigenvalue weighted by Crippen LogP contribution is 2.02. The van der Waals surface area contributed by atoms with Gasteiger partial charge in [0.2, 0.25) is 0 Å². The third-order valence-electron chi connectivity index (χ3n) is 1.05. The molecule has 0 aliphatic heterocycles. The van der Waals surface area contributed by atoms with E-state index in [1.807, 2.05) is 13.8 Å². The molecular weight excluding hydrogens is 203 g/mol. The van der Waals surface area contributed by atoms with Gasteiger partial charge in [0.05, 0.1) is 18.6 Å². The number of hydrogen-bond acceptors (Lipinski definition) is 3. The molecule has 1 atom stereocenters. The molecule has 0 aromatic rings. The van der Waals surface area contributed by atoms with E-state index in [1.54, 1.807) is 0 Å². The summed E-state index contributed by atoms with van der Waals surface area (Å²) in [5.41, 5.74) is -0.854. The maximum Gasteiger partial charge on any atom is 0.404 e. The molecule has 12 heavy (non-hydrogen) atoms. The SMILES string of the molecule is CC(C)OCC(CCl)OC(=O)Cl. The van der Waals surface area contributed by atoms with Crippen molar-refractivity contribution in [3.05, 3.63) is 0 Å². The van der Waals surface area contributed by atoms with Crippen molar-refractivity contribution < 1.29 is 14.3 Å². The molecule has 0 fully saturated rings. The van der Waals surface area contributed by atoms with Crippen molar-refractivity contribution in [2.45, 2.75) is 26.1 Å². The number of carbonyl (C=O) groups is 1. The van der Waals surface area contributed by atoms with Crippen LogP contribution in [0.4, 0.5) is 4.79 Å². The van der Waals surface area contributed by atoms with Crippen LogP contribution in [0.5, 0.6) is 0 Å². The lowest BCUT2D eigenvalue weighted by Crippen LogP contribution is -2.24. The number of hydrogen-bond donors (Lipinski definition) is 0. The van der Waals surface area contributed by atoms with Gasteiger partial charge in [-0.1, -0.05) is 0 Å². The molecule has 0 bridgehead atoms. The van der Waals surface area contributed by atoms with Crippen LogP contribution in [0, 0.1) is 0 Å². The Hall–Kier alpha value is 0.01000. The third kappa shape index (κ3) is 6.70. The first-order valence-corrected chi connectivity index (χ1v) is 4.51. The fourth-order valence-electron chi connectivity index (χ4n) is 0.541. The van der Waals surface area contributed by atoms with Gasteiger partial charge in [0.15, 0.2) is 0 Å². The number of halogens is 2. The van der Waals surface area contributed by atoms with E-state index in [2.05, 4.69) is 4.74 Å². The average Bonchev–Trinajstić information content (AvgIpc) is 1.97. The zero-order valence-electron chi connectivity index (χ0n) is 7.05. The van der Waals surface area contributed by atoms with Gasteiger partial charge < -0.3 is 9.47 Å². The van der Waals surface area contributed by atoms with E-state index in [0.29, 0.717) is 0 Å². The fourth-order valence-corrected chi connectivity index (χ4v) is 0.819. The van der Waals surface area contributed by atoms with Crippen molar-refractivity contribution in [2.75, 3.05) is 12.5 Å². The molecule has 0 rings (SSSR count). The normalized spacial score (nSPS) is 13.1. The van der Waals surface area contributed by atoms with Crippen LogP contribution in [0.1, 0.15) is 13.8 Å². The molecule has 0 N–H and O–H groups in total. The van der Waals surface area contributed by atoms with Gasteiger partial charge >= 0.3 is 5.43 Å². The first-order chi connectivity index (χ1) is 5.56. The average molecular weight is 215 g/mol. The lowest BCUT2D eigenvalue weighted by atomic mass is 10.4. The highest BCUT2D eigenvalue weighted by atomic mass is 35.5. The summed E-state index contributed by atoms with van der Waals surface area (Å²) in [5.74, 6) is 0.186. The standard InChI is InChI=1S/C7H12Cl2O3/c1-5(2)11-4-6(3-8)12-7(9)10/h5-6H,3-4H2,1-2H3. The van der Waals surface area contributed by atoms with Crippen molar-refractivity contribution in [1.29, 1.82) is 0 Å². The van der Waals surface area contributed by atoms with Crippen LogP contribution in [-0.2, 0) is 9.47 Å². The zero-order valence-corrected chi connectivity index (χ0v) is 8.56. The minimum atomic E-state index is -0.854. The largest absolute Gasteiger partial charge is 0.447 e. The smallest absolute Gasteiger partial charge is 0.404 e. The summed E-state index contributed by atoms with van der Waals surface area (Å²) >= 11 is 10.5. The first kappa shape index (κ1) is 12.0. The minimum absolute atomic E-state index is 0.0877. The van der Waals surface area contributed by atoms with Crippen LogP contribution < -0.4 is 0 Å². The van der Waals surface area contributed by atoms with Gasteiger partial charge in [-0.15, -0.1) is 11.6 Å². The summed E-state index contributed by atoms with van der Waals surface area (Å²) in [6, 6.07) is 0. The Labute approximate surface area is 81.9 Å². The second-order valence-electron chi connectivity index (χ2n) is 2.51. The van der Waals surface area contributed by atoms with Gasteiger partial charge in [-0.05, 0) is 13.8 Å². The van der Waals surface area contributed by atoms with Crippen molar-refractivity contribution in [2.24, 2.45) is 0 Å². The van der Waals surface area contributed by atoms with Crippen molar-refractivity contribution in [3.63, 3.8) is 0 Å². The molecule has 0 aromatic carbocycles. The first-order valence-electron chi connectivity index (χ1n) is 3.60. The van der Waals surface area contributed by atoms with Crippen LogP contribution in [0.3, 0.4) is 0 Å². The minimum Gasteiger partial charge on any atom is -0.447 e. The van der Waals surface area contributed by atoms with Gasteiger partial charge in [-0.2, -0.15) is 0 Å². The molecule has 0 aliphatic rings. The summed E-state index contributed by atoms with van der Waals surface area (Å²) in [5, 5.41) is 0. The number of ether oxygens (including phenoxy) is 2. The Morgan fingerprint density at radius 3 is 2.42 bits per heavy atom. The highest BCUT2D eigenvalue weighted by Gasteiger charge is 2.12. The maximum absolute atomic E-state index is 10.3. The zero-order chi connectivity index (χ0) is 9.56. The van der Waals surface area contributed by atoms with Crippen LogP contribution >= 0.6 is 23.2 Å². The fraction of sp³-hybridized carbons (Fsp3) is 0.857. The van der Waals surface area contributed by atoms with Gasteiger partial charge in [-0.3, -0.25) is 0 Å². The Morgan fingerprint density at radius 1 is 1.50 bits per heavy atom. The van der Waals surface area contributed by atoms with Crippen LogP contribution in [0.15, 0.2) is 0 Å². The molecule has 0 saturated carbocycles. The quantitative estimate of drug-likeness (QED) is 0.521. The molecule has 0 aromatic heterocycles. The summed E-state index contributed by atoms with van der Waals surface area (Å²) in [6.07, 6.45) is -0.371. The third-order valence-corrected chi connectivity index (χ3v) is 1.48. The summed E-state index contributed by atoms with van der Waals surface area (Å²) < 4.78 is 9.79. The maximum atomic E-state index is 10.3. The van der Waals surface area contributed by atoms with E-state index in [0.717, 1.165) is 0 Å². The predicted octanol–water partition coefficient (Wildman–Crippen LogP) is 2.39. The van der Waals surface area contributed by atoms with Crippen molar-refractivity contribution in [1.82, 2.24) is 0 Å². The molecule has 1 unspecified atom stereocenters. The van der Waals surface area contributed by atoms with Crippen molar-refractivity contribution in [3.8, 4) is 0 Å². The molecule has 0 heterocycles. The molecule has 3 nitrogen and oxygen atoms in total. The molecule has 0 amide bonds. The van der Waals surface area contributed by atoms with Gasteiger partial charge in [0.1, 0.15) is 6.10 Å². The van der Waals surface area contributed by atoms with E-state index in [-0.39, 0.29) is 18.6 Å². The van der Waals surface area contributed by atoms with E-state index < -0.39 is 11.5 Å². The van der Waals surface area contributed by atoms with Crippen LogP contribution in [-0.4, -0.2) is 30.1 Å². The second-order valence-corrected chi connectivity index (χ2v) is 3.13. The van der Waals surface area contributed by atoms with E-state index >= 15 is 0 Å². The van der Waals surface area contributed by atoms with Gasteiger partial charge in [-0.25, -0.2) is 4.79 Å². The Bertz CT molecular complexity index is 139. The molecule has 72 valence electrons. The molecular formula is C7H12Cl2O3. The molecule has 0 aliphatic carbocycles. The lowest BCUT2D eigenvalue weighted by molar-refractivity contribution is 0.0107. The molecule has 0 spiro atoms. The number of alkyl halides is 1. The summed E-state index contributed by atoms with van der Waals surface area (Å²) in [6.45, 7) is 4.04. The van der Waals surface area contributed by atoms with E-state index in [4.69, 9.17) is 27.9 Å². The van der Waals surface area contributed by atoms with Gasteiger partial charge in [0.25, 0.3) is 0 Å². The summed E-state index contributed by atoms with van der Waals surface area (Å²) in [7, 11) is 0. The number of carbonyl (C=O) groups excluding carboxylic acids is 1.